The van der Waals surface area contributed by atoms with Gasteiger partial charge in [0.25, 0.3) is 5.91 Å². The zero-order valence-corrected chi connectivity index (χ0v) is 16.5. The first kappa shape index (κ1) is 20.9. The third kappa shape index (κ3) is 5.55. The first-order valence-electron chi connectivity index (χ1n) is 8.28. The van der Waals surface area contributed by atoms with Gasteiger partial charge in [0, 0.05) is 5.02 Å². The maximum Gasteiger partial charge on any atom is 0.339 e. The summed E-state index contributed by atoms with van der Waals surface area (Å²) in [6.45, 7) is 2.74. The number of carbonyl (C=O) groups excluding carboxylic acids is 2. The summed E-state index contributed by atoms with van der Waals surface area (Å²) in [5, 5.41) is 3.24. The van der Waals surface area contributed by atoms with E-state index in [1.807, 2.05) is 6.07 Å². The summed E-state index contributed by atoms with van der Waals surface area (Å²) in [6, 6.07) is 12.5. The number of rotatable bonds is 7. The van der Waals surface area contributed by atoms with Crippen LogP contribution in [0.15, 0.2) is 53.4 Å². The van der Waals surface area contributed by atoms with Gasteiger partial charge in [0.05, 0.1) is 22.3 Å². The zero-order chi connectivity index (χ0) is 20.0. The number of nitrogens with one attached hydrogen (secondary N) is 1. The van der Waals surface area contributed by atoms with E-state index < -0.39 is 28.3 Å². The monoisotopic (exact) mass is 409 g/mol. The van der Waals surface area contributed by atoms with Crippen LogP contribution < -0.4 is 5.32 Å². The van der Waals surface area contributed by atoms with E-state index in [0.717, 1.165) is 5.56 Å². The van der Waals surface area contributed by atoms with Crippen molar-refractivity contribution in [3.05, 3.63) is 64.7 Å². The smallest absolute Gasteiger partial charge is 0.339 e. The Balaban J connectivity index is 2.01. The molecular formula is C19H20ClNO5S. The molecule has 1 N–H and O–H groups in total. The van der Waals surface area contributed by atoms with Gasteiger partial charge in [0.1, 0.15) is 0 Å². The Labute approximate surface area is 163 Å². The molecule has 27 heavy (non-hydrogen) atoms. The Kier molecular flexibility index (Phi) is 6.98. The van der Waals surface area contributed by atoms with Crippen molar-refractivity contribution in [1.29, 1.82) is 0 Å². The Bertz CT molecular complexity index is 943. The van der Waals surface area contributed by atoms with Crippen LogP contribution >= 0.6 is 11.6 Å². The number of sulfone groups is 1. The van der Waals surface area contributed by atoms with Crippen molar-refractivity contribution < 1.29 is 22.7 Å². The van der Waals surface area contributed by atoms with E-state index >= 15 is 0 Å². The van der Waals surface area contributed by atoms with E-state index in [1.54, 1.807) is 25.1 Å². The van der Waals surface area contributed by atoms with Crippen LogP contribution in [0.1, 0.15) is 35.8 Å². The number of amides is 1. The fraction of sp³-hybridized carbons (Fsp3) is 0.263. The minimum absolute atomic E-state index is 0.0879. The van der Waals surface area contributed by atoms with Gasteiger partial charge in [-0.15, -0.1) is 0 Å². The second kappa shape index (κ2) is 9.01. The van der Waals surface area contributed by atoms with Gasteiger partial charge < -0.3 is 10.1 Å². The van der Waals surface area contributed by atoms with E-state index in [9.17, 15) is 18.0 Å². The lowest BCUT2D eigenvalue weighted by atomic mass is 10.1. The molecule has 0 saturated heterocycles. The number of esters is 1. The maximum atomic E-state index is 12.2. The number of halogens is 1. The molecule has 0 aliphatic rings. The number of benzene rings is 2. The third-order valence-corrected chi connectivity index (χ3v) is 5.90. The van der Waals surface area contributed by atoms with Gasteiger partial charge in [-0.1, -0.05) is 42.8 Å². The van der Waals surface area contributed by atoms with E-state index in [0.29, 0.717) is 5.02 Å². The van der Waals surface area contributed by atoms with Crippen molar-refractivity contribution in [3.8, 4) is 0 Å². The van der Waals surface area contributed by atoms with E-state index in [4.69, 9.17) is 16.3 Å². The quantitative estimate of drug-likeness (QED) is 0.709. The predicted molar refractivity (Wildman–Crippen MR) is 102 cm³/mol. The highest BCUT2D eigenvalue weighted by Gasteiger charge is 2.22. The van der Waals surface area contributed by atoms with E-state index in [1.165, 1.54) is 31.2 Å². The summed E-state index contributed by atoms with van der Waals surface area (Å²) in [5.41, 5.74) is 0.719. The molecule has 2 aromatic rings. The first-order valence-corrected chi connectivity index (χ1v) is 10.3. The molecule has 2 rings (SSSR count). The van der Waals surface area contributed by atoms with Crippen LogP contribution in [0, 0.1) is 0 Å². The molecular weight excluding hydrogens is 390 g/mol. The van der Waals surface area contributed by atoms with Gasteiger partial charge in [0.2, 0.25) is 0 Å². The van der Waals surface area contributed by atoms with E-state index in [-0.39, 0.29) is 22.3 Å². The minimum atomic E-state index is -3.59. The minimum Gasteiger partial charge on any atom is -0.452 e. The summed E-state index contributed by atoms with van der Waals surface area (Å²) in [6.07, 6.45) is 0. The van der Waals surface area contributed by atoms with Crippen LogP contribution in [0.4, 0.5) is 0 Å². The first-order chi connectivity index (χ1) is 12.7. The number of ether oxygens (including phenoxy) is 1. The third-order valence-electron chi connectivity index (χ3n) is 3.88. The van der Waals surface area contributed by atoms with Gasteiger partial charge >= 0.3 is 5.97 Å². The topological polar surface area (TPSA) is 89.5 Å². The predicted octanol–water partition coefficient (Wildman–Crippen LogP) is 3.17. The molecule has 0 fully saturated rings. The van der Waals surface area contributed by atoms with Crippen molar-refractivity contribution in [2.24, 2.45) is 0 Å². The Morgan fingerprint density at radius 3 is 2.52 bits per heavy atom. The number of carbonyl (C=O) groups is 2. The number of hydrogen-bond donors (Lipinski definition) is 1. The normalized spacial score (nSPS) is 12.3. The average Bonchev–Trinajstić information content (AvgIpc) is 2.66. The molecule has 0 unspecified atom stereocenters. The molecule has 0 radical (unpaired) electrons. The molecule has 144 valence electrons. The summed E-state index contributed by atoms with van der Waals surface area (Å²) < 4.78 is 29.2. The molecule has 8 heteroatoms. The summed E-state index contributed by atoms with van der Waals surface area (Å²) >= 11 is 5.93. The summed E-state index contributed by atoms with van der Waals surface area (Å²) in [5.74, 6) is -1.52. The van der Waals surface area contributed by atoms with E-state index in [2.05, 4.69) is 5.32 Å². The van der Waals surface area contributed by atoms with Crippen molar-refractivity contribution in [2.75, 3.05) is 12.4 Å². The van der Waals surface area contributed by atoms with Gasteiger partial charge in [-0.05, 0) is 36.8 Å². The van der Waals surface area contributed by atoms with Crippen LogP contribution in [0.2, 0.25) is 5.02 Å². The standard InChI is InChI=1S/C19H20ClNO5S/c1-3-27(24,25)17-10-5-4-9-16(17)19(23)26-12-18(22)21-13(2)14-7-6-8-15(20)11-14/h4-11,13H,3,12H2,1-2H3,(H,21,22)/t13-/m0/s1. The van der Waals surface area contributed by atoms with Crippen molar-refractivity contribution in [2.45, 2.75) is 24.8 Å². The second-order valence-corrected chi connectivity index (χ2v) is 8.50. The van der Waals surface area contributed by atoms with Crippen LogP contribution in [-0.4, -0.2) is 32.7 Å². The van der Waals surface area contributed by atoms with Gasteiger partial charge in [-0.25, -0.2) is 13.2 Å². The average molecular weight is 410 g/mol. The highest BCUT2D eigenvalue weighted by atomic mass is 35.5. The van der Waals surface area contributed by atoms with Crippen LogP contribution in [0.3, 0.4) is 0 Å². The SMILES string of the molecule is CCS(=O)(=O)c1ccccc1C(=O)OCC(=O)N[C@@H](C)c1cccc(Cl)c1. The van der Waals surface area contributed by atoms with Crippen LogP contribution in [-0.2, 0) is 19.4 Å². The second-order valence-electron chi connectivity index (χ2n) is 5.82. The molecule has 1 amide bonds. The van der Waals surface area contributed by atoms with Crippen molar-refractivity contribution in [3.63, 3.8) is 0 Å². The molecule has 1 atom stereocenters. The lowest BCUT2D eigenvalue weighted by Gasteiger charge is -2.15. The molecule has 0 aromatic heterocycles. The zero-order valence-electron chi connectivity index (χ0n) is 14.9. The molecule has 0 aliphatic carbocycles. The molecule has 0 aliphatic heterocycles. The molecule has 0 heterocycles. The molecule has 0 spiro atoms. The fourth-order valence-electron chi connectivity index (χ4n) is 2.41. The maximum absolute atomic E-state index is 12.2. The van der Waals surface area contributed by atoms with Crippen LogP contribution in [0.5, 0.6) is 0 Å². The fourth-order valence-corrected chi connectivity index (χ4v) is 3.70. The Hall–Kier alpha value is -2.38. The van der Waals surface area contributed by atoms with Crippen molar-refractivity contribution in [1.82, 2.24) is 5.32 Å². The molecule has 0 bridgehead atoms. The van der Waals surface area contributed by atoms with Gasteiger partial charge in [-0.3, -0.25) is 4.79 Å². The highest BCUT2D eigenvalue weighted by Crippen LogP contribution is 2.19. The van der Waals surface area contributed by atoms with Crippen LogP contribution in [0.25, 0.3) is 0 Å². The number of hydrogen-bond acceptors (Lipinski definition) is 5. The van der Waals surface area contributed by atoms with Gasteiger partial charge in [0.15, 0.2) is 16.4 Å². The molecule has 6 nitrogen and oxygen atoms in total. The summed E-state index contributed by atoms with van der Waals surface area (Å²) in [4.78, 5) is 24.2. The highest BCUT2D eigenvalue weighted by molar-refractivity contribution is 7.91. The van der Waals surface area contributed by atoms with Gasteiger partial charge in [-0.2, -0.15) is 0 Å². The lowest BCUT2D eigenvalue weighted by molar-refractivity contribution is -0.124. The Morgan fingerprint density at radius 2 is 1.85 bits per heavy atom. The Morgan fingerprint density at radius 1 is 1.15 bits per heavy atom. The summed E-state index contributed by atoms with van der Waals surface area (Å²) in [7, 11) is -3.59. The molecule has 0 saturated carbocycles. The molecule has 2 aromatic carbocycles. The largest absolute Gasteiger partial charge is 0.452 e. The lowest BCUT2D eigenvalue weighted by Crippen LogP contribution is -2.31. The van der Waals surface area contributed by atoms with Crippen molar-refractivity contribution >= 4 is 33.3 Å².